The van der Waals surface area contributed by atoms with E-state index in [-0.39, 0.29) is 12.5 Å². The summed E-state index contributed by atoms with van der Waals surface area (Å²) in [6.45, 7) is 3.23. The van der Waals surface area contributed by atoms with Crippen LogP contribution < -0.4 is 14.8 Å². The number of nitrogens with zero attached hydrogens (tertiary/aromatic N) is 1. The lowest BCUT2D eigenvalue weighted by molar-refractivity contribution is 0.0832. The van der Waals surface area contributed by atoms with E-state index >= 15 is 0 Å². The standard InChI is InChI=1S/C26H29N3O4S/c1-3-10-27-16-23(30)22(13-18-8-6-5-7-9-18)28-26(31)20-14-21-19(4-2)17-29-11-12-34(32)33-24(15-20)25(21)29/h1,5-9,14-15,17,22-23,27,30H,4,10-13,16H2,2H3,(H,28,31). The third kappa shape index (κ3) is 5.33. The number of terminal acetylenes is 1. The van der Waals surface area contributed by atoms with Gasteiger partial charge in [0, 0.05) is 30.2 Å². The van der Waals surface area contributed by atoms with Crippen LogP contribution in [0.4, 0.5) is 0 Å². The molecular weight excluding hydrogens is 450 g/mol. The van der Waals surface area contributed by atoms with E-state index in [1.54, 1.807) is 6.07 Å². The zero-order valence-corrected chi connectivity index (χ0v) is 19.9. The summed E-state index contributed by atoms with van der Waals surface area (Å²) in [5, 5.41) is 17.7. The number of aromatic nitrogens is 1. The van der Waals surface area contributed by atoms with Gasteiger partial charge in [0.15, 0.2) is 5.75 Å². The van der Waals surface area contributed by atoms with Crippen molar-refractivity contribution in [3.63, 3.8) is 0 Å². The molecule has 0 saturated heterocycles. The smallest absolute Gasteiger partial charge is 0.251 e. The van der Waals surface area contributed by atoms with E-state index < -0.39 is 23.2 Å². The van der Waals surface area contributed by atoms with E-state index in [0.717, 1.165) is 28.5 Å². The molecule has 2 aromatic carbocycles. The van der Waals surface area contributed by atoms with E-state index in [2.05, 4.69) is 28.0 Å². The molecule has 2 heterocycles. The van der Waals surface area contributed by atoms with Crippen molar-refractivity contribution in [1.82, 2.24) is 15.2 Å². The first-order valence-corrected chi connectivity index (χ1v) is 12.6. The predicted molar refractivity (Wildman–Crippen MR) is 134 cm³/mol. The normalized spacial score (nSPS) is 16.8. The Balaban J connectivity index is 1.63. The molecule has 0 saturated carbocycles. The van der Waals surface area contributed by atoms with Crippen molar-refractivity contribution in [2.45, 2.75) is 38.5 Å². The van der Waals surface area contributed by atoms with Crippen LogP contribution in [0.25, 0.3) is 10.9 Å². The fourth-order valence-electron chi connectivity index (χ4n) is 4.28. The van der Waals surface area contributed by atoms with Crippen molar-refractivity contribution in [1.29, 1.82) is 0 Å². The van der Waals surface area contributed by atoms with Gasteiger partial charge in [-0.15, -0.1) is 6.42 Å². The number of carbonyl (C=O) groups is 1. The molecule has 7 nitrogen and oxygen atoms in total. The molecular formula is C26H29N3O4S. The first-order chi connectivity index (χ1) is 16.5. The molecule has 1 aromatic heterocycles. The first kappa shape index (κ1) is 24.0. The largest absolute Gasteiger partial charge is 0.398 e. The average molecular weight is 480 g/mol. The van der Waals surface area contributed by atoms with E-state index in [4.69, 9.17) is 10.6 Å². The number of aliphatic hydroxyl groups is 1. The highest BCUT2D eigenvalue weighted by molar-refractivity contribution is 7.80. The van der Waals surface area contributed by atoms with Crippen molar-refractivity contribution >= 4 is 27.9 Å². The Labute approximate surface area is 202 Å². The lowest BCUT2D eigenvalue weighted by Gasteiger charge is -2.25. The monoisotopic (exact) mass is 479 g/mol. The third-order valence-electron chi connectivity index (χ3n) is 6.00. The van der Waals surface area contributed by atoms with Gasteiger partial charge in [-0.3, -0.25) is 4.79 Å². The molecule has 34 heavy (non-hydrogen) atoms. The third-order valence-corrected chi connectivity index (χ3v) is 6.89. The van der Waals surface area contributed by atoms with E-state index in [1.807, 2.05) is 42.6 Å². The fraction of sp³-hybridized carbons (Fsp3) is 0.346. The second-order valence-electron chi connectivity index (χ2n) is 8.34. The average Bonchev–Trinajstić information content (AvgIpc) is 3.12. The molecule has 178 valence electrons. The van der Waals surface area contributed by atoms with Crippen molar-refractivity contribution in [2.75, 3.05) is 18.8 Å². The summed E-state index contributed by atoms with van der Waals surface area (Å²) in [7, 11) is 0. The van der Waals surface area contributed by atoms with Crippen LogP contribution in [0.15, 0.2) is 48.7 Å². The first-order valence-electron chi connectivity index (χ1n) is 11.4. The van der Waals surface area contributed by atoms with Crippen LogP contribution in [-0.2, 0) is 30.5 Å². The minimum atomic E-state index is -1.47. The van der Waals surface area contributed by atoms with Gasteiger partial charge in [0.1, 0.15) is 0 Å². The summed E-state index contributed by atoms with van der Waals surface area (Å²) in [6, 6.07) is 12.6. The Kier molecular flexibility index (Phi) is 7.68. The van der Waals surface area contributed by atoms with Gasteiger partial charge < -0.3 is 24.5 Å². The molecule has 8 heteroatoms. The van der Waals surface area contributed by atoms with Crippen LogP contribution in [0.1, 0.15) is 28.4 Å². The highest BCUT2D eigenvalue weighted by atomic mass is 32.2. The number of nitrogens with one attached hydrogen (secondary N) is 2. The second-order valence-corrected chi connectivity index (χ2v) is 9.52. The van der Waals surface area contributed by atoms with Gasteiger partial charge >= 0.3 is 0 Å². The van der Waals surface area contributed by atoms with Gasteiger partial charge in [-0.05, 0) is 36.1 Å². The van der Waals surface area contributed by atoms with Gasteiger partial charge in [0.25, 0.3) is 5.91 Å². The Morgan fingerprint density at radius 2 is 2.12 bits per heavy atom. The number of hydrogen-bond donors (Lipinski definition) is 3. The van der Waals surface area contributed by atoms with Crippen LogP contribution in [0.2, 0.25) is 0 Å². The van der Waals surface area contributed by atoms with Crippen molar-refractivity contribution < 1.29 is 18.3 Å². The van der Waals surface area contributed by atoms with Crippen LogP contribution in [0.3, 0.4) is 0 Å². The van der Waals surface area contributed by atoms with Gasteiger partial charge in [0.2, 0.25) is 11.1 Å². The highest BCUT2D eigenvalue weighted by Crippen LogP contribution is 2.34. The SMILES string of the molecule is C#CCNCC(O)C(Cc1ccccc1)NC(=O)c1cc2c3c(c1)c(CC)cn3CCS(=O)O2. The van der Waals surface area contributed by atoms with Gasteiger partial charge in [-0.1, -0.05) is 43.2 Å². The quantitative estimate of drug-likeness (QED) is 0.323. The maximum Gasteiger partial charge on any atom is 0.251 e. The number of carbonyl (C=O) groups excluding carboxylic acids is 1. The van der Waals surface area contributed by atoms with Gasteiger partial charge in [-0.2, -0.15) is 0 Å². The summed E-state index contributed by atoms with van der Waals surface area (Å²) in [6.07, 6.45) is 7.74. The molecule has 3 aromatic rings. The second kappa shape index (κ2) is 10.9. The van der Waals surface area contributed by atoms with Gasteiger partial charge in [0.05, 0.1) is 30.0 Å². The summed E-state index contributed by atoms with van der Waals surface area (Å²) in [5.41, 5.74) is 3.35. The molecule has 0 spiro atoms. The Hall–Kier alpha value is -3.12. The maximum absolute atomic E-state index is 13.4. The van der Waals surface area contributed by atoms with Crippen molar-refractivity contribution in [2.24, 2.45) is 0 Å². The molecule has 0 aliphatic carbocycles. The zero-order chi connectivity index (χ0) is 24.1. The van der Waals surface area contributed by atoms with Crippen LogP contribution in [-0.4, -0.2) is 50.8 Å². The molecule has 1 aliphatic heterocycles. The Morgan fingerprint density at radius 3 is 2.85 bits per heavy atom. The summed E-state index contributed by atoms with van der Waals surface area (Å²) in [4.78, 5) is 13.4. The number of hydrogen-bond acceptors (Lipinski definition) is 5. The van der Waals surface area contributed by atoms with E-state index in [0.29, 0.717) is 36.6 Å². The lowest BCUT2D eigenvalue weighted by atomic mass is 10.00. The Morgan fingerprint density at radius 1 is 1.32 bits per heavy atom. The molecule has 0 radical (unpaired) electrons. The molecule has 4 rings (SSSR count). The predicted octanol–water partition coefficient (Wildman–Crippen LogP) is 2.18. The van der Waals surface area contributed by atoms with Gasteiger partial charge in [-0.25, -0.2) is 4.21 Å². The minimum Gasteiger partial charge on any atom is -0.398 e. The van der Waals surface area contributed by atoms with Crippen LogP contribution in [0.5, 0.6) is 5.75 Å². The zero-order valence-electron chi connectivity index (χ0n) is 19.1. The number of rotatable bonds is 9. The molecule has 3 N–H and O–H groups in total. The van der Waals surface area contributed by atoms with Crippen LogP contribution in [0, 0.1) is 12.3 Å². The molecule has 3 atom stereocenters. The Bertz CT molecular complexity index is 1230. The van der Waals surface area contributed by atoms with Crippen LogP contribution >= 0.6 is 0 Å². The summed E-state index contributed by atoms with van der Waals surface area (Å²) < 4.78 is 20.0. The number of amides is 1. The molecule has 3 unspecified atom stereocenters. The number of aliphatic hydroxyl groups excluding tert-OH is 1. The molecule has 1 aliphatic rings. The lowest BCUT2D eigenvalue weighted by Crippen LogP contribution is -2.48. The maximum atomic E-state index is 13.4. The summed E-state index contributed by atoms with van der Waals surface area (Å²) in [5.74, 6) is 2.98. The molecule has 1 amide bonds. The molecule has 0 fully saturated rings. The van der Waals surface area contributed by atoms with Crippen molar-refractivity contribution in [3.8, 4) is 18.1 Å². The van der Waals surface area contributed by atoms with E-state index in [9.17, 15) is 14.1 Å². The minimum absolute atomic E-state index is 0.247. The number of aryl methyl sites for hydroxylation is 2. The fourth-order valence-corrected chi connectivity index (χ4v) is 5.03. The topological polar surface area (TPSA) is 92.6 Å². The van der Waals surface area contributed by atoms with E-state index in [1.165, 1.54) is 0 Å². The highest BCUT2D eigenvalue weighted by Gasteiger charge is 2.25. The van der Waals surface area contributed by atoms with Crippen molar-refractivity contribution in [3.05, 3.63) is 65.4 Å². The molecule has 0 bridgehead atoms. The number of benzene rings is 2. The summed E-state index contributed by atoms with van der Waals surface area (Å²) >= 11 is -1.47.